The Labute approximate surface area is 114 Å². The highest BCUT2D eigenvalue weighted by atomic mass is 16.6. The van der Waals surface area contributed by atoms with E-state index in [9.17, 15) is 14.9 Å². The number of para-hydroxylation sites is 1. The van der Waals surface area contributed by atoms with Crippen LogP contribution in [0, 0.1) is 10.1 Å². The molecule has 0 aliphatic rings. The standard InChI is InChI=1S/C13H11N3O4/c1-20-13(17)9-7-11(16(18)19)12(14-8-9)15-10-5-3-2-4-6-10/h2-8H,1H3,(H,14,15). The number of methoxy groups -OCH3 is 1. The summed E-state index contributed by atoms with van der Waals surface area (Å²) >= 11 is 0. The number of carbonyl (C=O) groups excluding carboxylic acids is 1. The maximum atomic E-state index is 11.4. The van der Waals surface area contributed by atoms with E-state index in [1.807, 2.05) is 6.07 Å². The zero-order valence-electron chi connectivity index (χ0n) is 10.6. The fourth-order valence-electron chi connectivity index (χ4n) is 1.58. The van der Waals surface area contributed by atoms with Gasteiger partial charge in [0.2, 0.25) is 5.82 Å². The Kier molecular flexibility index (Phi) is 3.90. The Bertz CT molecular complexity index is 643. The fraction of sp³-hybridized carbons (Fsp3) is 0.0769. The molecule has 0 fully saturated rings. The fourth-order valence-corrected chi connectivity index (χ4v) is 1.58. The third-order valence-electron chi connectivity index (χ3n) is 2.52. The van der Waals surface area contributed by atoms with Crippen molar-refractivity contribution >= 4 is 23.2 Å². The summed E-state index contributed by atoms with van der Waals surface area (Å²) in [5.41, 5.74) is 0.392. The second-order valence-electron chi connectivity index (χ2n) is 3.83. The number of hydrogen-bond acceptors (Lipinski definition) is 6. The lowest BCUT2D eigenvalue weighted by molar-refractivity contribution is -0.384. The van der Waals surface area contributed by atoms with E-state index >= 15 is 0 Å². The van der Waals surface area contributed by atoms with Gasteiger partial charge in [0.05, 0.1) is 17.6 Å². The molecule has 0 bridgehead atoms. The van der Waals surface area contributed by atoms with Crippen LogP contribution in [0.15, 0.2) is 42.6 Å². The highest BCUT2D eigenvalue weighted by Gasteiger charge is 2.19. The van der Waals surface area contributed by atoms with Crippen LogP contribution >= 0.6 is 0 Å². The number of nitrogens with one attached hydrogen (secondary N) is 1. The lowest BCUT2D eigenvalue weighted by atomic mass is 10.2. The average molecular weight is 273 g/mol. The largest absolute Gasteiger partial charge is 0.465 e. The molecule has 1 heterocycles. The molecule has 0 aliphatic carbocycles. The number of anilines is 2. The maximum absolute atomic E-state index is 11.4. The van der Waals surface area contributed by atoms with E-state index < -0.39 is 10.9 Å². The van der Waals surface area contributed by atoms with Crippen LogP contribution in [0.4, 0.5) is 17.2 Å². The number of nitro groups is 1. The molecule has 0 saturated heterocycles. The molecule has 0 aliphatic heterocycles. The second kappa shape index (κ2) is 5.79. The highest BCUT2D eigenvalue weighted by molar-refractivity contribution is 5.90. The summed E-state index contributed by atoms with van der Waals surface area (Å²) in [6.07, 6.45) is 1.23. The Morgan fingerprint density at radius 1 is 1.35 bits per heavy atom. The van der Waals surface area contributed by atoms with Gasteiger partial charge in [0.25, 0.3) is 0 Å². The van der Waals surface area contributed by atoms with Gasteiger partial charge in [-0.15, -0.1) is 0 Å². The third kappa shape index (κ3) is 2.89. The number of hydrogen-bond donors (Lipinski definition) is 1. The summed E-state index contributed by atoms with van der Waals surface area (Å²) in [6.45, 7) is 0. The Hall–Kier alpha value is -2.96. The third-order valence-corrected chi connectivity index (χ3v) is 2.52. The number of ether oxygens (including phenoxy) is 1. The molecule has 0 spiro atoms. The predicted octanol–water partition coefficient (Wildman–Crippen LogP) is 2.52. The summed E-state index contributed by atoms with van der Waals surface area (Å²) in [7, 11) is 1.20. The first kappa shape index (κ1) is 13.5. The predicted molar refractivity (Wildman–Crippen MR) is 72.0 cm³/mol. The van der Waals surface area contributed by atoms with Gasteiger partial charge in [0.1, 0.15) is 0 Å². The molecular formula is C13H11N3O4. The summed E-state index contributed by atoms with van der Waals surface area (Å²) < 4.78 is 4.51. The maximum Gasteiger partial charge on any atom is 0.339 e. The van der Waals surface area contributed by atoms with Gasteiger partial charge in [-0.05, 0) is 12.1 Å². The van der Waals surface area contributed by atoms with Gasteiger partial charge in [-0.2, -0.15) is 0 Å². The van der Waals surface area contributed by atoms with Crippen molar-refractivity contribution in [3.8, 4) is 0 Å². The van der Waals surface area contributed by atoms with Crippen molar-refractivity contribution in [2.45, 2.75) is 0 Å². The van der Waals surface area contributed by atoms with E-state index in [1.54, 1.807) is 24.3 Å². The van der Waals surface area contributed by atoms with Crippen LogP contribution in [-0.4, -0.2) is 23.0 Å². The highest BCUT2D eigenvalue weighted by Crippen LogP contribution is 2.26. The zero-order chi connectivity index (χ0) is 14.5. The van der Waals surface area contributed by atoms with Gasteiger partial charge >= 0.3 is 11.7 Å². The van der Waals surface area contributed by atoms with Crippen LogP contribution in [0.25, 0.3) is 0 Å². The van der Waals surface area contributed by atoms with Crippen molar-refractivity contribution < 1.29 is 14.5 Å². The number of benzene rings is 1. The molecule has 1 aromatic heterocycles. The first-order valence-corrected chi connectivity index (χ1v) is 5.66. The summed E-state index contributed by atoms with van der Waals surface area (Å²) in [5, 5.41) is 13.9. The van der Waals surface area contributed by atoms with Gasteiger partial charge in [0, 0.05) is 18.0 Å². The van der Waals surface area contributed by atoms with Crippen LogP contribution in [0.3, 0.4) is 0 Å². The molecule has 0 amide bonds. The van der Waals surface area contributed by atoms with Crippen molar-refractivity contribution in [1.82, 2.24) is 4.98 Å². The van der Waals surface area contributed by atoms with E-state index in [-0.39, 0.29) is 17.1 Å². The lowest BCUT2D eigenvalue weighted by Gasteiger charge is -2.07. The lowest BCUT2D eigenvalue weighted by Crippen LogP contribution is -2.06. The average Bonchev–Trinajstić information content (AvgIpc) is 2.47. The van der Waals surface area contributed by atoms with Gasteiger partial charge in [-0.3, -0.25) is 10.1 Å². The minimum absolute atomic E-state index is 0.0258. The number of nitrogens with zero attached hydrogens (tertiary/aromatic N) is 2. The van der Waals surface area contributed by atoms with Crippen molar-refractivity contribution in [3.63, 3.8) is 0 Å². The number of aromatic nitrogens is 1. The van der Waals surface area contributed by atoms with Crippen LogP contribution in [-0.2, 0) is 4.74 Å². The molecular weight excluding hydrogens is 262 g/mol. The molecule has 20 heavy (non-hydrogen) atoms. The SMILES string of the molecule is COC(=O)c1cnc(Nc2ccccc2)c([N+](=O)[O-])c1. The normalized spacial score (nSPS) is 9.85. The van der Waals surface area contributed by atoms with Gasteiger partial charge in [0.15, 0.2) is 0 Å². The van der Waals surface area contributed by atoms with Crippen molar-refractivity contribution in [2.75, 3.05) is 12.4 Å². The van der Waals surface area contributed by atoms with E-state index in [2.05, 4.69) is 15.0 Å². The van der Waals surface area contributed by atoms with Crippen molar-refractivity contribution in [2.24, 2.45) is 0 Å². The van der Waals surface area contributed by atoms with E-state index in [4.69, 9.17) is 0 Å². The minimum atomic E-state index is -0.674. The first-order valence-electron chi connectivity index (χ1n) is 5.66. The van der Waals surface area contributed by atoms with Crippen molar-refractivity contribution in [1.29, 1.82) is 0 Å². The molecule has 0 unspecified atom stereocenters. The molecule has 102 valence electrons. The smallest absolute Gasteiger partial charge is 0.339 e. The molecule has 7 heteroatoms. The Balaban J connectivity index is 2.38. The van der Waals surface area contributed by atoms with Gasteiger partial charge < -0.3 is 10.1 Å². The zero-order valence-corrected chi connectivity index (χ0v) is 10.6. The van der Waals surface area contributed by atoms with E-state index in [0.717, 1.165) is 6.07 Å². The van der Waals surface area contributed by atoms with Gasteiger partial charge in [-0.25, -0.2) is 9.78 Å². The van der Waals surface area contributed by atoms with Crippen LogP contribution in [0.1, 0.15) is 10.4 Å². The molecule has 2 aromatic rings. The number of rotatable bonds is 4. The summed E-state index contributed by atoms with van der Waals surface area (Å²) in [6, 6.07) is 10.0. The molecule has 2 rings (SSSR count). The van der Waals surface area contributed by atoms with Crippen LogP contribution < -0.4 is 5.32 Å². The molecule has 1 N–H and O–H groups in total. The minimum Gasteiger partial charge on any atom is -0.465 e. The summed E-state index contributed by atoms with van der Waals surface area (Å²) in [5.74, 6) is -0.610. The topological polar surface area (TPSA) is 94.4 Å². The Morgan fingerprint density at radius 2 is 2.05 bits per heavy atom. The quantitative estimate of drug-likeness (QED) is 0.522. The van der Waals surface area contributed by atoms with E-state index in [1.165, 1.54) is 13.3 Å². The van der Waals surface area contributed by atoms with Crippen LogP contribution in [0.2, 0.25) is 0 Å². The monoisotopic (exact) mass is 273 g/mol. The Morgan fingerprint density at radius 3 is 2.65 bits per heavy atom. The van der Waals surface area contributed by atoms with E-state index in [0.29, 0.717) is 5.69 Å². The van der Waals surface area contributed by atoms with Crippen molar-refractivity contribution in [3.05, 3.63) is 58.3 Å². The molecule has 0 atom stereocenters. The molecule has 7 nitrogen and oxygen atoms in total. The number of carbonyl (C=O) groups is 1. The molecule has 0 radical (unpaired) electrons. The van der Waals surface area contributed by atoms with Crippen LogP contribution in [0.5, 0.6) is 0 Å². The second-order valence-corrected chi connectivity index (χ2v) is 3.83. The summed E-state index contributed by atoms with van der Waals surface area (Å²) in [4.78, 5) is 25.7. The first-order chi connectivity index (χ1) is 9.61. The molecule has 0 saturated carbocycles. The van der Waals surface area contributed by atoms with Gasteiger partial charge in [-0.1, -0.05) is 18.2 Å². The number of pyridine rings is 1. The number of esters is 1. The molecule has 1 aromatic carbocycles.